The quantitative estimate of drug-likeness (QED) is 0.609. The van der Waals surface area contributed by atoms with Crippen LogP contribution in [-0.4, -0.2) is 6.21 Å². The maximum Gasteiger partial charge on any atom is 0.134 e. The summed E-state index contributed by atoms with van der Waals surface area (Å²) in [7, 11) is 0. The molecule has 128 valence electrons. The van der Waals surface area contributed by atoms with Crippen LogP contribution in [0.4, 0.5) is 5.00 Å². The van der Waals surface area contributed by atoms with Crippen molar-refractivity contribution in [2.24, 2.45) is 16.3 Å². The molecule has 0 amide bonds. The predicted molar refractivity (Wildman–Crippen MR) is 108 cm³/mol. The van der Waals surface area contributed by atoms with Crippen molar-refractivity contribution in [2.45, 2.75) is 40.0 Å². The number of hydrogen-bond acceptors (Lipinski definition) is 3. The van der Waals surface area contributed by atoms with E-state index in [1.165, 1.54) is 16.9 Å². The van der Waals surface area contributed by atoms with Gasteiger partial charge in [0.2, 0.25) is 0 Å². The Morgan fingerprint density at radius 3 is 2.68 bits per heavy atom. The Bertz CT molecular complexity index is 829. The number of rotatable bonds is 3. The zero-order chi connectivity index (χ0) is 17.9. The topological polar surface area (TPSA) is 36.1 Å². The standard InChI is InChI=1S/C22H24N2S/c1-22(2,3)17-11-12-18-19(15-23)21(25-20(18)14-17)24-13-7-10-16-8-5-4-6-9-16/h4-10,13,17H,11-12,14H2,1-3H3/b10-7+,24-13?. The number of nitriles is 1. The van der Waals surface area contributed by atoms with Gasteiger partial charge in [-0.25, -0.2) is 4.99 Å². The molecule has 0 aliphatic heterocycles. The molecule has 25 heavy (non-hydrogen) atoms. The average Bonchev–Trinajstić information content (AvgIpc) is 2.95. The molecule has 0 N–H and O–H groups in total. The zero-order valence-corrected chi connectivity index (χ0v) is 15.9. The minimum Gasteiger partial charge on any atom is -0.245 e. The number of nitrogens with zero attached hydrogens (tertiary/aromatic N) is 2. The molecule has 0 radical (unpaired) electrons. The molecule has 1 aliphatic rings. The normalized spacial score (nSPS) is 17.8. The second-order valence-electron chi connectivity index (χ2n) is 7.65. The summed E-state index contributed by atoms with van der Waals surface area (Å²) in [6.45, 7) is 6.94. The van der Waals surface area contributed by atoms with E-state index in [0.717, 1.165) is 29.0 Å². The molecule has 1 atom stereocenters. The van der Waals surface area contributed by atoms with Crippen molar-refractivity contribution < 1.29 is 0 Å². The van der Waals surface area contributed by atoms with E-state index < -0.39 is 0 Å². The lowest BCUT2D eigenvalue weighted by molar-refractivity contribution is 0.218. The second-order valence-corrected chi connectivity index (χ2v) is 8.73. The van der Waals surface area contributed by atoms with Crippen LogP contribution in [0.5, 0.6) is 0 Å². The maximum absolute atomic E-state index is 9.59. The molecule has 1 aromatic heterocycles. The van der Waals surface area contributed by atoms with Gasteiger partial charge in [-0.05, 0) is 47.8 Å². The molecule has 1 unspecified atom stereocenters. The molecule has 2 aromatic rings. The van der Waals surface area contributed by atoms with Crippen molar-refractivity contribution in [1.82, 2.24) is 0 Å². The molecular weight excluding hydrogens is 324 g/mol. The van der Waals surface area contributed by atoms with Gasteiger partial charge in [0.15, 0.2) is 0 Å². The highest BCUT2D eigenvalue weighted by Crippen LogP contribution is 2.44. The molecule has 1 heterocycles. The van der Waals surface area contributed by atoms with E-state index in [0.29, 0.717) is 11.3 Å². The number of fused-ring (bicyclic) bond motifs is 1. The van der Waals surface area contributed by atoms with Crippen LogP contribution in [0.2, 0.25) is 0 Å². The van der Waals surface area contributed by atoms with Crippen molar-refractivity contribution in [3.8, 4) is 6.07 Å². The highest BCUT2D eigenvalue weighted by atomic mass is 32.1. The van der Waals surface area contributed by atoms with Crippen molar-refractivity contribution in [1.29, 1.82) is 5.26 Å². The van der Waals surface area contributed by atoms with Crippen LogP contribution >= 0.6 is 11.3 Å². The van der Waals surface area contributed by atoms with E-state index in [2.05, 4.69) is 44.0 Å². The van der Waals surface area contributed by atoms with E-state index in [1.54, 1.807) is 17.6 Å². The average molecular weight is 349 g/mol. The first-order valence-corrected chi connectivity index (χ1v) is 9.61. The molecule has 1 aromatic carbocycles. The molecule has 2 nitrogen and oxygen atoms in total. The third-order valence-corrected chi connectivity index (χ3v) is 6.11. The summed E-state index contributed by atoms with van der Waals surface area (Å²) in [5.41, 5.74) is 3.49. The largest absolute Gasteiger partial charge is 0.245 e. The SMILES string of the molecule is CC(C)(C)C1CCc2c(sc(N=C/C=C/c3ccccc3)c2C#N)C1. The smallest absolute Gasteiger partial charge is 0.134 e. The predicted octanol–water partition coefficient (Wildman–Crippen LogP) is 6.19. The van der Waals surface area contributed by atoms with Gasteiger partial charge in [0.25, 0.3) is 0 Å². The van der Waals surface area contributed by atoms with Gasteiger partial charge < -0.3 is 0 Å². The molecule has 0 bridgehead atoms. The zero-order valence-electron chi connectivity index (χ0n) is 15.1. The maximum atomic E-state index is 9.59. The Kier molecular flexibility index (Phi) is 5.20. The molecule has 0 saturated heterocycles. The van der Waals surface area contributed by atoms with E-state index in [1.807, 2.05) is 30.4 Å². The Morgan fingerprint density at radius 2 is 2.00 bits per heavy atom. The third-order valence-electron chi connectivity index (χ3n) is 4.95. The fourth-order valence-corrected chi connectivity index (χ4v) is 4.58. The Balaban J connectivity index is 1.79. The van der Waals surface area contributed by atoms with Gasteiger partial charge in [0, 0.05) is 11.1 Å². The van der Waals surface area contributed by atoms with Crippen molar-refractivity contribution in [3.63, 3.8) is 0 Å². The first-order valence-electron chi connectivity index (χ1n) is 8.79. The molecule has 0 saturated carbocycles. The number of aliphatic imine (C=N–C) groups is 1. The van der Waals surface area contributed by atoms with Crippen molar-refractivity contribution in [2.75, 3.05) is 0 Å². The molecular formula is C22H24N2S. The first kappa shape index (κ1) is 17.6. The van der Waals surface area contributed by atoms with Gasteiger partial charge in [0.1, 0.15) is 11.1 Å². The summed E-state index contributed by atoms with van der Waals surface area (Å²) in [6, 6.07) is 12.5. The van der Waals surface area contributed by atoms with Gasteiger partial charge >= 0.3 is 0 Å². The number of benzene rings is 1. The monoisotopic (exact) mass is 348 g/mol. The van der Waals surface area contributed by atoms with E-state index in [9.17, 15) is 5.26 Å². The van der Waals surface area contributed by atoms with Gasteiger partial charge in [-0.1, -0.05) is 57.2 Å². The van der Waals surface area contributed by atoms with Gasteiger partial charge in [-0.15, -0.1) is 11.3 Å². The minimum atomic E-state index is 0.316. The lowest BCUT2D eigenvalue weighted by Gasteiger charge is -2.33. The number of thiophene rings is 1. The highest BCUT2D eigenvalue weighted by molar-refractivity contribution is 7.16. The number of hydrogen-bond donors (Lipinski definition) is 0. The van der Waals surface area contributed by atoms with E-state index in [-0.39, 0.29) is 0 Å². The molecule has 1 aliphatic carbocycles. The van der Waals surface area contributed by atoms with E-state index >= 15 is 0 Å². The second kappa shape index (κ2) is 7.37. The van der Waals surface area contributed by atoms with E-state index in [4.69, 9.17) is 0 Å². The molecule has 0 fully saturated rings. The van der Waals surface area contributed by atoms with Crippen LogP contribution in [0, 0.1) is 22.7 Å². The fourth-order valence-electron chi connectivity index (χ4n) is 3.35. The Hall–Kier alpha value is -2.18. The summed E-state index contributed by atoms with van der Waals surface area (Å²) in [4.78, 5) is 5.93. The first-order chi connectivity index (χ1) is 12.0. The van der Waals surface area contributed by atoms with Crippen LogP contribution in [-0.2, 0) is 12.8 Å². The van der Waals surface area contributed by atoms with Gasteiger partial charge in [-0.3, -0.25) is 0 Å². The lowest BCUT2D eigenvalue weighted by Crippen LogP contribution is -2.26. The molecule has 3 heteroatoms. The molecule has 3 rings (SSSR count). The fraction of sp³-hybridized carbons (Fsp3) is 0.364. The molecule has 0 spiro atoms. The summed E-state index contributed by atoms with van der Waals surface area (Å²) in [5.74, 6) is 0.681. The van der Waals surface area contributed by atoms with Crippen LogP contribution in [0.15, 0.2) is 41.4 Å². The van der Waals surface area contributed by atoms with Crippen molar-refractivity contribution >= 4 is 28.6 Å². The Labute approximate surface area is 154 Å². The van der Waals surface area contributed by atoms with Gasteiger partial charge in [-0.2, -0.15) is 5.26 Å². The minimum absolute atomic E-state index is 0.316. The van der Waals surface area contributed by atoms with Crippen LogP contribution in [0.25, 0.3) is 6.08 Å². The highest BCUT2D eigenvalue weighted by Gasteiger charge is 2.31. The summed E-state index contributed by atoms with van der Waals surface area (Å²) >= 11 is 1.70. The summed E-state index contributed by atoms with van der Waals surface area (Å²) in [6.07, 6.45) is 9.01. The summed E-state index contributed by atoms with van der Waals surface area (Å²) < 4.78 is 0. The number of allylic oxidation sites excluding steroid dienone is 1. The summed E-state index contributed by atoms with van der Waals surface area (Å²) in [5, 5.41) is 10.4. The van der Waals surface area contributed by atoms with Crippen molar-refractivity contribution in [3.05, 3.63) is 58.0 Å². The van der Waals surface area contributed by atoms with Crippen LogP contribution in [0.3, 0.4) is 0 Å². The third kappa shape index (κ3) is 4.08. The lowest BCUT2D eigenvalue weighted by atomic mass is 9.72. The van der Waals surface area contributed by atoms with Crippen LogP contribution < -0.4 is 0 Å². The van der Waals surface area contributed by atoms with Crippen LogP contribution in [0.1, 0.15) is 48.8 Å². The van der Waals surface area contributed by atoms with Gasteiger partial charge in [0.05, 0.1) is 5.56 Å². The Morgan fingerprint density at radius 1 is 1.24 bits per heavy atom.